The fraction of sp³-hybridized carbons (Fsp3) is 0.542. The van der Waals surface area contributed by atoms with E-state index in [4.69, 9.17) is 4.74 Å². The Labute approximate surface area is 184 Å². The fourth-order valence-corrected chi connectivity index (χ4v) is 3.98. The lowest BCUT2D eigenvalue weighted by Gasteiger charge is -2.30. The van der Waals surface area contributed by atoms with Gasteiger partial charge in [0.15, 0.2) is 0 Å². The highest BCUT2D eigenvalue weighted by atomic mass is 16.6. The van der Waals surface area contributed by atoms with E-state index in [1.54, 1.807) is 25.7 Å². The molecule has 0 bridgehead atoms. The minimum absolute atomic E-state index is 0.142. The molecule has 7 heteroatoms. The van der Waals surface area contributed by atoms with Crippen LogP contribution in [-0.2, 0) is 22.4 Å². The van der Waals surface area contributed by atoms with Gasteiger partial charge in [-0.3, -0.25) is 9.69 Å². The Morgan fingerprint density at radius 2 is 2.00 bits per heavy atom. The number of amides is 2. The molecule has 3 rings (SSSR count). The number of benzene rings is 1. The van der Waals surface area contributed by atoms with Crippen molar-refractivity contribution in [1.29, 1.82) is 0 Å². The number of carbonyl (C=O) groups excluding carboxylic acids is 2. The Balaban J connectivity index is 1.89. The highest BCUT2D eigenvalue weighted by molar-refractivity contribution is 6.01. The first kappa shape index (κ1) is 22.8. The number of hydrogen-bond acceptors (Lipinski definition) is 4. The van der Waals surface area contributed by atoms with Gasteiger partial charge in [0.1, 0.15) is 17.5 Å². The van der Waals surface area contributed by atoms with Crippen LogP contribution in [0.2, 0.25) is 0 Å². The summed E-state index contributed by atoms with van der Waals surface area (Å²) in [5, 5.41) is 2.80. The molecule has 2 aromatic rings. The van der Waals surface area contributed by atoms with Crippen LogP contribution in [0, 0.1) is 0 Å². The quantitative estimate of drug-likeness (QED) is 0.673. The van der Waals surface area contributed by atoms with Gasteiger partial charge in [0, 0.05) is 24.0 Å². The van der Waals surface area contributed by atoms with Crippen molar-refractivity contribution in [1.82, 2.24) is 15.3 Å². The lowest BCUT2D eigenvalue weighted by Crippen LogP contribution is -2.50. The Kier molecular flexibility index (Phi) is 7.03. The second-order valence-electron chi connectivity index (χ2n) is 9.09. The molecule has 2 atom stereocenters. The molecule has 31 heavy (non-hydrogen) atoms. The van der Waals surface area contributed by atoms with Crippen molar-refractivity contribution in [3.63, 3.8) is 0 Å². The summed E-state index contributed by atoms with van der Waals surface area (Å²) in [6, 6.07) is 7.02. The van der Waals surface area contributed by atoms with Crippen molar-refractivity contribution in [3.8, 4) is 0 Å². The third-order valence-electron chi connectivity index (χ3n) is 5.26. The summed E-state index contributed by atoms with van der Waals surface area (Å²) in [6.45, 7) is 9.54. The van der Waals surface area contributed by atoms with Crippen LogP contribution in [0.1, 0.15) is 77.0 Å². The number of nitrogens with zero attached hydrogens (tertiary/aromatic N) is 2. The van der Waals surface area contributed by atoms with Crippen LogP contribution in [0.4, 0.5) is 10.5 Å². The maximum atomic E-state index is 13.7. The summed E-state index contributed by atoms with van der Waals surface area (Å²) in [6.07, 6.45) is 5.19. The number of aromatic amines is 1. The van der Waals surface area contributed by atoms with Gasteiger partial charge in [0.2, 0.25) is 5.91 Å². The first-order chi connectivity index (χ1) is 14.7. The Morgan fingerprint density at radius 3 is 2.68 bits per heavy atom. The van der Waals surface area contributed by atoms with Gasteiger partial charge in [-0.05, 0) is 45.2 Å². The average molecular weight is 427 g/mol. The molecule has 1 aromatic heterocycles. The molecule has 0 saturated heterocycles. The molecule has 1 aliphatic heterocycles. The van der Waals surface area contributed by atoms with Crippen molar-refractivity contribution in [3.05, 3.63) is 47.5 Å². The van der Waals surface area contributed by atoms with E-state index in [1.165, 1.54) is 0 Å². The van der Waals surface area contributed by atoms with Crippen LogP contribution < -0.4 is 10.2 Å². The van der Waals surface area contributed by atoms with Gasteiger partial charge in [-0.25, -0.2) is 9.78 Å². The second-order valence-corrected chi connectivity index (χ2v) is 9.09. The van der Waals surface area contributed by atoms with E-state index in [0.717, 1.165) is 42.0 Å². The Morgan fingerprint density at radius 1 is 1.26 bits per heavy atom. The average Bonchev–Trinajstić information content (AvgIpc) is 3.30. The lowest BCUT2D eigenvalue weighted by molar-refractivity contribution is -0.121. The number of H-pyrrole nitrogens is 1. The molecule has 0 spiro atoms. The zero-order chi connectivity index (χ0) is 22.6. The number of imidazole rings is 1. The lowest BCUT2D eigenvalue weighted by atomic mass is 10.1. The molecule has 2 amide bonds. The van der Waals surface area contributed by atoms with E-state index in [0.29, 0.717) is 12.8 Å². The SMILES string of the molecule is CCCc1cnc(C2Cc3ccccc3N2C(=O)C(CCC)NC(=O)OC(C)(C)C)[nH]1. The van der Waals surface area contributed by atoms with Crippen molar-refractivity contribution < 1.29 is 14.3 Å². The fourth-order valence-electron chi connectivity index (χ4n) is 3.98. The summed E-state index contributed by atoms with van der Waals surface area (Å²) in [7, 11) is 0. The van der Waals surface area contributed by atoms with Crippen LogP contribution in [-0.4, -0.2) is 33.6 Å². The maximum Gasteiger partial charge on any atom is 0.408 e. The number of fused-ring (bicyclic) bond motifs is 1. The third-order valence-corrected chi connectivity index (χ3v) is 5.26. The van der Waals surface area contributed by atoms with E-state index in [9.17, 15) is 9.59 Å². The van der Waals surface area contributed by atoms with Gasteiger partial charge in [-0.2, -0.15) is 0 Å². The molecule has 0 radical (unpaired) electrons. The van der Waals surface area contributed by atoms with Crippen LogP contribution in [0.15, 0.2) is 30.5 Å². The van der Waals surface area contributed by atoms with E-state index >= 15 is 0 Å². The first-order valence-corrected chi connectivity index (χ1v) is 11.2. The Bertz CT molecular complexity index is 916. The topological polar surface area (TPSA) is 87.3 Å². The predicted molar refractivity (Wildman–Crippen MR) is 121 cm³/mol. The summed E-state index contributed by atoms with van der Waals surface area (Å²) in [4.78, 5) is 35.9. The highest BCUT2D eigenvalue weighted by Gasteiger charge is 2.39. The van der Waals surface area contributed by atoms with Crippen LogP contribution in [0.25, 0.3) is 0 Å². The zero-order valence-corrected chi connectivity index (χ0v) is 19.2. The number of alkyl carbamates (subject to hydrolysis) is 1. The van der Waals surface area contributed by atoms with Gasteiger partial charge in [0.25, 0.3) is 0 Å². The molecule has 168 valence electrons. The number of para-hydroxylation sites is 1. The molecular weight excluding hydrogens is 392 g/mol. The van der Waals surface area contributed by atoms with Gasteiger partial charge in [0.05, 0.1) is 6.04 Å². The molecule has 2 heterocycles. The molecule has 0 fully saturated rings. The molecule has 0 saturated carbocycles. The number of nitrogens with one attached hydrogen (secondary N) is 2. The van der Waals surface area contributed by atoms with Gasteiger partial charge in [-0.1, -0.05) is 44.9 Å². The van der Waals surface area contributed by atoms with Crippen molar-refractivity contribution in [2.75, 3.05) is 4.90 Å². The van der Waals surface area contributed by atoms with Crippen LogP contribution >= 0.6 is 0 Å². The second kappa shape index (κ2) is 9.54. The van der Waals surface area contributed by atoms with Crippen molar-refractivity contribution in [2.45, 2.75) is 84.4 Å². The summed E-state index contributed by atoms with van der Waals surface area (Å²) >= 11 is 0. The highest BCUT2D eigenvalue weighted by Crippen LogP contribution is 2.40. The minimum atomic E-state index is -0.668. The number of aryl methyl sites for hydroxylation is 1. The summed E-state index contributed by atoms with van der Waals surface area (Å²) in [5.74, 6) is 0.636. The standard InChI is InChI=1S/C24H34N4O3/c1-6-10-17-15-25-21(26-17)20-14-16-12-8-9-13-19(16)28(20)22(29)18(11-7-2)27-23(30)31-24(3,4)5/h8-9,12-13,15,18,20H,6-7,10-11,14H2,1-5H3,(H,25,26)(H,27,30). The first-order valence-electron chi connectivity index (χ1n) is 11.2. The third kappa shape index (κ3) is 5.46. The summed E-state index contributed by atoms with van der Waals surface area (Å²) < 4.78 is 5.40. The van der Waals surface area contributed by atoms with Crippen molar-refractivity contribution in [2.24, 2.45) is 0 Å². The number of aromatic nitrogens is 2. The number of anilines is 1. The van der Waals surface area contributed by atoms with Crippen LogP contribution in [0.3, 0.4) is 0 Å². The maximum absolute atomic E-state index is 13.7. The largest absolute Gasteiger partial charge is 0.444 e. The number of carbonyl (C=O) groups is 2. The molecule has 7 nitrogen and oxygen atoms in total. The predicted octanol–water partition coefficient (Wildman–Crippen LogP) is 4.69. The smallest absolute Gasteiger partial charge is 0.408 e. The number of ether oxygens (including phenoxy) is 1. The number of rotatable bonds is 7. The molecule has 2 unspecified atom stereocenters. The zero-order valence-electron chi connectivity index (χ0n) is 19.2. The van der Waals surface area contributed by atoms with Crippen LogP contribution in [0.5, 0.6) is 0 Å². The molecule has 2 N–H and O–H groups in total. The normalized spacial score (nSPS) is 16.7. The van der Waals surface area contributed by atoms with E-state index in [-0.39, 0.29) is 11.9 Å². The van der Waals surface area contributed by atoms with E-state index in [1.807, 2.05) is 37.4 Å². The number of hydrogen-bond donors (Lipinski definition) is 2. The molecule has 1 aromatic carbocycles. The van der Waals surface area contributed by atoms with E-state index in [2.05, 4.69) is 22.2 Å². The monoisotopic (exact) mass is 426 g/mol. The molecule has 0 aliphatic carbocycles. The molecule has 1 aliphatic rings. The van der Waals surface area contributed by atoms with Gasteiger partial charge < -0.3 is 15.0 Å². The Hall–Kier alpha value is -2.83. The van der Waals surface area contributed by atoms with Crippen molar-refractivity contribution >= 4 is 17.7 Å². The molecular formula is C24H34N4O3. The minimum Gasteiger partial charge on any atom is -0.444 e. The summed E-state index contributed by atoms with van der Waals surface area (Å²) in [5.41, 5.74) is 2.41. The van der Waals surface area contributed by atoms with Gasteiger partial charge >= 0.3 is 6.09 Å². The van der Waals surface area contributed by atoms with E-state index < -0.39 is 17.7 Å². The van der Waals surface area contributed by atoms with Gasteiger partial charge in [-0.15, -0.1) is 0 Å².